The average molecular weight is 428 g/mol. The molecule has 7 nitrogen and oxygen atoms in total. The Hall–Kier alpha value is -2.03. The quantitative estimate of drug-likeness (QED) is 0.211. The molecule has 0 spiro atoms. The molecule has 0 aliphatic heterocycles. The largest absolute Gasteiger partial charge is 0.369 e. The number of carbonyl (C=O) groups is 1. The topological polar surface area (TPSA) is 90.4 Å². The highest BCUT2D eigenvalue weighted by Gasteiger charge is 2.09. The summed E-state index contributed by atoms with van der Waals surface area (Å²) in [6.07, 6.45) is 3.26. The first-order valence-corrected chi connectivity index (χ1v) is 10.3. The first-order chi connectivity index (χ1) is 13.1. The lowest BCUT2D eigenvalue weighted by Gasteiger charge is -2.22. The van der Waals surface area contributed by atoms with Crippen molar-refractivity contribution in [2.45, 2.75) is 5.16 Å². The van der Waals surface area contributed by atoms with Crippen molar-refractivity contribution in [1.82, 2.24) is 15.4 Å². The molecular weight excluding hydrogens is 409 g/mol. The fourth-order valence-corrected chi connectivity index (χ4v) is 3.02. The fraction of sp³-hybridized carbons (Fsp3) is 0.294. The van der Waals surface area contributed by atoms with Crippen molar-refractivity contribution >= 4 is 52.8 Å². The van der Waals surface area contributed by atoms with E-state index in [0.717, 1.165) is 17.3 Å². The number of halogens is 2. The van der Waals surface area contributed by atoms with Crippen LogP contribution in [0.3, 0.4) is 0 Å². The van der Waals surface area contributed by atoms with Crippen LogP contribution < -0.4 is 15.9 Å². The number of aromatic nitrogens is 2. The minimum Gasteiger partial charge on any atom is -0.369 e. The second kappa shape index (κ2) is 11.0. The zero-order chi connectivity index (χ0) is 19.6. The predicted molar refractivity (Wildman–Crippen MR) is 112 cm³/mol. The number of amides is 1. The highest BCUT2D eigenvalue weighted by Crippen LogP contribution is 2.15. The predicted octanol–water partition coefficient (Wildman–Crippen LogP) is 2.54. The van der Waals surface area contributed by atoms with Gasteiger partial charge >= 0.3 is 0 Å². The molecule has 2 N–H and O–H groups in total. The first-order valence-electron chi connectivity index (χ1n) is 8.03. The third-order valence-electron chi connectivity index (χ3n) is 3.49. The van der Waals surface area contributed by atoms with Crippen LogP contribution >= 0.6 is 35.0 Å². The standard InChI is InChI=1S/C17H19Cl2N5O2S/c1-27-17-21-14(10-15(25)22-17)16(26)23-20-11-12-2-4-13(5-3-12)24(8-6-18)9-7-19/h2-5,10-11H,6-9H2,1H3,(H,23,26)(H,21,22,25). The molecule has 2 rings (SSSR count). The second-order valence-corrected chi connectivity index (χ2v) is 6.85. The highest BCUT2D eigenvalue weighted by atomic mass is 35.5. The molecule has 0 fully saturated rings. The Morgan fingerprint density at radius 1 is 1.30 bits per heavy atom. The summed E-state index contributed by atoms with van der Waals surface area (Å²) < 4.78 is 0. The van der Waals surface area contributed by atoms with Crippen molar-refractivity contribution < 1.29 is 4.79 Å². The normalized spacial score (nSPS) is 10.9. The number of H-pyrrole nitrogens is 1. The maximum Gasteiger partial charge on any atom is 0.290 e. The number of anilines is 1. The summed E-state index contributed by atoms with van der Waals surface area (Å²) >= 11 is 12.9. The third-order valence-corrected chi connectivity index (χ3v) is 4.41. The van der Waals surface area contributed by atoms with Crippen LogP contribution in [0, 0.1) is 0 Å². The van der Waals surface area contributed by atoms with Gasteiger partial charge in [0.15, 0.2) is 5.16 Å². The van der Waals surface area contributed by atoms with E-state index in [4.69, 9.17) is 23.2 Å². The summed E-state index contributed by atoms with van der Waals surface area (Å²) in [6, 6.07) is 8.74. The summed E-state index contributed by atoms with van der Waals surface area (Å²) in [4.78, 5) is 32.2. The molecule has 0 aliphatic carbocycles. The van der Waals surface area contributed by atoms with E-state index in [1.807, 2.05) is 24.3 Å². The Balaban J connectivity index is 2.00. The van der Waals surface area contributed by atoms with Crippen molar-refractivity contribution in [3.05, 3.63) is 51.9 Å². The van der Waals surface area contributed by atoms with Crippen LogP contribution in [-0.4, -0.2) is 53.2 Å². The van der Waals surface area contributed by atoms with E-state index < -0.39 is 11.5 Å². The van der Waals surface area contributed by atoms with Crippen LogP contribution in [0.2, 0.25) is 0 Å². The molecule has 1 aromatic carbocycles. The maximum absolute atomic E-state index is 12.1. The summed E-state index contributed by atoms with van der Waals surface area (Å²) in [5.74, 6) is 0.473. The second-order valence-electron chi connectivity index (χ2n) is 5.30. The van der Waals surface area contributed by atoms with Gasteiger partial charge in [0.1, 0.15) is 5.69 Å². The van der Waals surface area contributed by atoms with Gasteiger partial charge in [-0.3, -0.25) is 9.59 Å². The lowest BCUT2D eigenvalue weighted by atomic mass is 10.2. The average Bonchev–Trinajstić information content (AvgIpc) is 2.67. The van der Waals surface area contributed by atoms with Crippen LogP contribution in [-0.2, 0) is 0 Å². The van der Waals surface area contributed by atoms with Crippen LogP contribution in [0.15, 0.2) is 45.4 Å². The number of hydrogen-bond donors (Lipinski definition) is 2. The highest BCUT2D eigenvalue weighted by molar-refractivity contribution is 7.98. The maximum atomic E-state index is 12.1. The van der Waals surface area contributed by atoms with Crippen molar-refractivity contribution in [2.75, 3.05) is 36.0 Å². The third kappa shape index (κ3) is 6.57. The molecule has 1 aromatic heterocycles. The molecule has 0 saturated carbocycles. The minimum atomic E-state index is -0.556. The molecule has 0 atom stereocenters. The smallest absolute Gasteiger partial charge is 0.290 e. The number of hydrogen-bond acceptors (Lipinski definition) is 6. The van der Waals surface area contributed by atoms with Gasteiger partial charge in [-0.15, -0.1) is 23.2 Å². The molecular formula is C17H19Cl2N5O2S. The van der Waals surface area contributed by atoms with Crippen molar-refractivity contribution in [3.8, 4) is 0 Å². The van der Waals surface area contributed by atoms with E-state index in [0.29, 0.717) is 30.0 Å². The molecule has 0 saturated heterocycles. The Morgan fingerprint density at radius 3 is 2.56 bits per heavy atom. The molecule has 1 amide bonds. The Bertz CT molecular complexity index is 836. The van der Waals surface area contributed by atoms with Gasteiger partial charge in [-0.05, 0) is 24.0 Å². The number of thioether (sulfide) groups is 1. The van der Waals surface area contributed by atoms with Crippen molar-refractivity contribution in [3.63, 3.8) is 0 Å². The Kier molecular flexibility index (Phi) is 8.63. The minimum absolute atomic E-state index is 0.00777. The van der Waals surface area contributed by atoms with Crippen LogP contribution in [0.5, 0.6) is 0 Å². The summed E-state index contributed by atoms with van der Waals surface area (Å²) in [5, 5.41) is 4.28. The zero-order valence-electron chi connectivity index (χ0n) is 14.6. The van der Waals surface area contributed by atoms with Gasteiger partial charge < -0.3 is 9.88 Å². The van der Waals surface area contributed by atoms with Crippen LogP contribution in [0.4, 0.5) is 5.69 Å². The first kappa shape index (κ1) is 21.3. The Morgan fingerprint density at radius 2 is 1.96 bits per heavy atom. The lowest BCUT2D eigenvalue weighted by Crippen LogP contribution is -2.27. The van der Waals surface area contributed by atoms with Gasteiger partial charge in [0.25, 0.3) is 11.5 Å². The van der Waals surface area contributed by atoms with Crippen molar-refractivity contribution in [2.24, 2.45) is 5.10 Å². The van der Waals surface area contributed by atoms with Gasteiger partial charge in [-0.2, -0.15) is 5.10 Å². The number of aromatic amines is 1. The van der Waals surface area contributed by atoms with Crippen LogP contribution in [0.1, 0.15) is 16.1 Å². The molecule has 10 heteroatoms. The number of alkyl halides is 2. The molecule has 0 radical (unpaired) electrons. The molecule has 0 bridgehead atoms. The number of benzene rings is 1. The van der Waals surface area contributed by atoms with Crippen molar-refractivity contribution in [1.29, 1.82) is 0 Å². The van der Waals surface area contributed by atoms with E-state index in [-0.39, 0.29) is 5.69 Å². The number of rotatable bonds is 9. The fourth-order valence-electron chi connectivity index (χ4n) is 2.22. The summed E-state index contributed by atoms with van der Waals surface area (Å²) in [7, 11) is 0. The summed E-state index contributed by atoms with van der Waals surface area (Å²) in [6.45, 7) is 1.41. The molecule has 1 heterocycles. The van der Waals surface area contributed by atoms with Gasteiger partial charge in [-0.1, -0.05) is 23.9 Å². The van der Waals surface area contributed by atoms with E-state index >= 15 is 0 Å². The Labute approximate surface area is 171 Å². The molecule has 0 unspecified atom stereocenters. The monoisotopic (exact) mass is 427 g/mol. The summed E-state index contributed by atoms with van der Waals surface area (Å²) in [5.41, 5.74) is 3.80. The number of nitrogens with one attached hydrogen (secondary N) is 2. The van der Waals surface area contributed by atoms with Gasteiger partial charge in [0.2, 0.25) is 0 Å². The lowest BCUT2D eigenvalue weighted by molar-refractivity contribution is 0.0949. The number of nitrogens with zero attached hydrogens (tertiary/aromatic N) is 3. The molecule has 2 aromatic rings. The van der Waals surface area contributed by atoms with Crippen LogP contribution in [0.25, 0.3) is 0 Å². The van der Waals surface area contributed by atoms with E-state index in [1.165, 1.54) is 18.0 Å². The van der Waals surface area contributed by atoms with Gasteiger partial charge in [0, 0.05) is 36.6 Å². The van der Waals surface area contributed by atoms with E-state index in [2.05, 4.69) is 25.4 Å². The molecule has 144 valence electrons. The number of carbonyl (C=O) groups excluding carboxylic acids is 1. The molecule has 27 heavy (non-hydrogen) atoms. The van der Waals surface area contributed by atoms with Gasteiger partial charge in [0.05, 0.1) is 6.21 Å². The number of hydrazone groups is 1. The van der Waals surface area contributed by atoms with E-state index in [1.54, 1.807) is 6.26 Å². The van der Waals surface area contributed by atoms with E-state index in [9.17, 15) is 9.59 Å². The SMILES string of the molecule is CSc1nc(C(=O)NN=Cc2ccc(N(CCCl)CCCl)cc2)cc(=O)[nH]1. The molecule has 0 aliphatic rings. The zero-order valence-corrected chi connectivity index (χ0v) is 16.9. The van der Waals surface area contributed by atoms with Gasteiger partial charge in [-0.25, -0.2) is 10.4 Å².